The smallest absolute Gasteiger partial charge is 0.329 e. The Balaban J connectivity index is 2.24. The monoisotopic (exact) mass is 394 g/mol. The Kier molecular flexibility index (Phi) is 4.76. The Morgan fingerprint density at radius 3 is 2.46 bits per heavy atom. The van der Waals surface area contributed by atoms with Gasteiger partial charge in [-0.15, -0.1) is 10.2 Å². The fourth-order valence-electron chi connectivity index (χ4n) is 2.40. The maximum atomic E-state index is 12.2. The second kappa shape index (κ2) is 7.05. The molecule has 15 nitrogen and oxygen atoms in total. The molecule has 0 spiro atoms. The van der Waals surface area contributed by atoms with Crippen LogP contribution in [0.1, 0.15) is 0 Å². The number of nitrogens with zero attached hydrogens (tertiary/aromatic N) is 5. The summed E-state index contributed by atoms with van der Waals surface area (Å²) in [6.07, 6.45) is -1.30. The zero-order chi connectivity index (χ0) is 20.6. The normalized spacial score (nSPS) is 12.8. The third-order valence-electron chi connectivity index (χ3n) is 3.73. The lowest BCUT2D eigenvalue weighted by Crippen LogP contribution is -2.30. The van der Waals surface area contributed by atoms with Crippen molar-refractivity contribution in [2.24, 2.45) is 17.3 Å². The molecule has 0 fully saturated rings. The first kappa shape index (κ1) is 18.9. The SMILES string of the molecule is Cn1c(=O)[nH]c(=O)c2c1nc(N=Nc1c(O)[nH]c(=O)[nH]c1=O)n2C[C@H](O)CO. The fourth-order valence-corrected chi connectivity index (χ4v) is 2.40. The summed E-state index contributed by atoms with van der Waals surface area (Å²) in [5, 5.41) is 35.7. The highest BCUT2D eigenvalue weighted by molar-refractivity contribution is 5.73. The van der Waals surface area contributed by atoms with Gasteiger partial charge in [-0.1, -0.05) is 0 Å². The Hall–Kier alpha value is -3.85. The molecule has 3 heterocycles. The van der Waals surface area contributed by atoms with E-state index in [9.17, 15) is 29.4 Å². The number of hydrogen-bond donors (Lipinski definition) is 6. The van der Waals surface area contributed by atoms with Crippen LogP contribution >= 0.6 is 0 Å². The molecule has 0 bridgehead atoms. The zero-order valence-corrected chi connectivity index (χ0v) is 14.2. The van der Waals surface area contributed by atoms with Crippen LogP contribution in [-0.4, -0.2) is 57.1 Å². The molecule has 0 unspecified atom stereocenters. The van der Waals surface area contributed by atoms with Gasteiger partial charge in [0.05, 0.1) is 19.3 Å². The number of fused-ring (bicyclic) bond motifs is 1. The van der Waals surface area contributed by atoms with E-state index in [1.54, 1.807) is 0 Å². The van der Waals surface area contributed by atoms with E-state index in [4.69, 9.17) is 5.11 Å². The van der Waals surface area contributed by atoms with Crippen molar-refractivity contribution in [3.8, 4) is 5.88 Å². The summed E-state index contributed by atoms with van der Waals surface area (Å²) >= 11 is 0. The second-order valence-corrected chi connectivity index (χ2v) is 5.65. The van der Waals surface area contributed by atoms with Crippen LogP contribution in [0.2, 0.25) is 0 Å². The molecule has 0 saturated heterocycles. The summed E-state index contributed by atoms with van der Waals surface area (Å²) in [4.78, 5) is 56.6. The number of aliphatic hydroxyl groups excluding tert-OH is 2. The lowest BCUT2D eigenvalue weighted by molar-refractivity contribution is 0.0824. The summed E-state index contributed by atoms with van der Waals surface area (Å²) in [7, 11) is 1.33. The van der Waals surface area contributed by atoms with Crippen molar-refractivity contribution in [3.63, 3.8) is 0 Å². The molecule has 0 saturated carbocycles. The highest BCUT2D eigenvalue weighted by Crippen LogP contribution is 2.23. The molecule has 28 heavy (non-hydrogen) atoms. The van der Waals surface area contributed by atoms with E-state index in [0.29, 0.717) is 0 Å². The third-order valence-corrected chi connectivity index (χ3v) is 3.73. The average molecular weight is 394 g/mol. The number of aromatic amines is 3. The van der Waals surface area contributed by atoms with E-state index in [0.717, 1.165) is 9.13 Å². The first-order valence-electron chi connectivity index (χ1n) is 7.68. The summed E-state index contributed by atoms with van der Waals surface area (Å²) in [6, 6.07) is 0. The summed E-state index contributed by atoms with van der Waals surface area (Å²) < 4.78 is 2.09. The molecule has 3 aromatic rings. The number of rotatable bonds is 5. The molecule has 0 amide bonds. The van der Waals surface area contributed by atoms with E-state index in [1.165, 1.54) is 7.05 Å². The largest absolute Gasteiger partial charge is 0.493 e. The summed E-state index contributed by atoms with van der Waals surface area (Å²) in [6.45, 7) is -0.975. The predicted molar refractivity (Wildman–Crippen MR) is 92.2 cm³/mol. The molecule has 3 rings (SSSR count). The fraction of sp³-hybridized carbons (Fsp3) is 0.308. The Labute approximate surface area is 152 Å². The highest BCUT2D eigenvalue weighted by atomic mass is 16.3. The van der Waals surface area contributed by atoms with Crippen LogP contribution < -0.4 is 22.5 Å². The predicted octanol–water partition coefficient (Wildman–Crippen LogP) is -2.73. The van der Waals surface area contributed by atoms with Crippen LogP contribution in [0.15, 0.2) is 29.4 Å². The number of aryl methyl sites for hydroxylation is 1. The number of imidazole rings is 1. The number of azo groups is 1. The van der Waals surface area contributed by atoms with E-state index in [1.807, 2.05) is 9.97 Å². The second-order valence-electron chi connectivity index (χ2n) is 5.65. The van der Waals surface area contributed by atoms with E-state index in [2.05, 4.69) is 20.2 Å². The minimum absolute atomic E-state index is 0.0903. The first-order valence-corrected chi connectivity index (χ1v) is 7.68. The quantitative estimate of drug-likeness (QED) is 0.249. The van der Waals surface area contributed by atoms with Crippen LogP contribution in [-0.2, 0) is 13.6 Å². The van der Waals surface area contributed by atoms with Gasteiger partial charge in [0, 0.05) is 7.05 Å². The molecule has 1 atom stereocenters. The molecule has 6 N–H and O–H groups in total. The molecule has 3 aromatic heterocycles. The van der Waals surface area contributed by atoms with Gasteiger partial charge in [0.25, 0.3) is 17.1 Å². The van der Waals surface area contributed by atoms with Gasteiger partial charge in [-0.05, 0) is 0 Å². The molecular weight excluding hydrogens is 380 g/mol. The number of H-pyrrole nitrogens is 3. The lowest BCUT2D eigenvalue weighted by Gasteiger charge is -2.09. The van der Waals surface area contributed by atoms with E-state index in [-0.39, 0.29) is 23.7 Å². The van der Waals surface area contributed by atoms with Gasteiger partial charge in [-0.25, -0.2) is 9.59 Å². The third kappa shape index (κ3) is 3.26. The molecular formula is C13H14N8O7. The first-order chi connectivity index (χ1) is 13.2. The number of nitrogens with one attached hydrogen (secondary N) is 3. The van der Waals surface area contributed by atoms with Crippen LogP contribution in [0, 0.1) is 0 Å². The van der Waals surface area contributed by atoms with Crippen molar-refractivity contribution in [1.29, 1.82) is 0 Å². The maximum Gasteiger partial charge on any atom is 0.329 e. The Morgan fingerprint density at radius 1 is 1.11 bits per heavy atom. The molecule has 0 aliphatic heterocycles. The van der Waals surface area contributed by atoms with Crippen LogP contribution in [0.25, 0.3) is 11.2 Å². The van der Waals surface area contributed by atoms with Gasteiger partial charge >= 0.3 is 11.4 Å². The van der Waals surface area contributed by atoms with Gasteiger partial charge < -0.3 is 15.3 Å². The lowest BCUT2D eigenvalue weighted by atomic mass is 10.3. The maximum absolute atomic E-state index is 12.2. The minimum atomic E-state index is -1.30. The van der Waals surface area contributed by atoms with Gasteiger partial charge in [-0.3, -0.25) is 33.7 Å². The topological polar surface area (TPSA) is 224 Å². The van der Waals surface area contributed by atoms with Crippen molar-refractivity contribution in [1.82, 2.24) is 29.1 Å². The van der Waals surface area contributed by atoms with Crippen molar-refractivity contribution < 1.29 is 15.3 Å². The molecule has 0 aliphatic rings. The minimum Gasteiger partial charge on any atom is -0.493 e. The number of aromatic hydroxyl groups is 1. The highest BCUT2D eigenvalue weighted by Gasteiger charge is 2.19. The van der Waals surface area contributed by atoms with Crippen molar-refractivity contribution >= 4 is 22.8 Å². The molecule has 0 aromatic carbocycles. The van der Waals surface area contributed by atoms with Gasteiger partial charge in [0.15, 0.2) is 11.2 Å². The molecule has 0 radical (unpaired) electrons. The number of aromatic nitrogens is 6. The average Bonchev–Trinajstić information content (AvgIpc) is 2.97. The van der Waals surface area contributed by atoms with Gasteiger partial charge in [-0.2, -0.15) is 4.98 Å². The van der Waals surface area contributed by atoms with Crippen LogP contribution in [0.4, 0.5) is 11.6 Å². The Bertz CT molecular complexity index is 1310. The molecule has 148 valence electrons. The molecule has 15 heteroatoms. The molecule has 0 aliphatic carbocycles. The van der Waals surface area contributed by atoms with E-state index < -0.39 is 46.8 Å². The zero-order valence-electron chi connectivity index (χ0n) is 14.2. The van der Waals surface area contributed by atoms with Crippen LogP contribution in [0.5, 0.6) is 5.88 Å². The van der Waals surface area contributed by atoms with Crippen molar-refractivity contribution in [2.75, 3.05) is 6.61 Å². The summed E-state index contributed by atoms with van der Waals surface area (Å²) in [5.41, 5.74) is -4.42. The van der Waals surface area contributed by atoms with E-state index >= 15 is 0 Å². The van der Waals surface area contributed by atoms with Gasteiger partial charge in [0.1, 0.15) is 0 Å². The van der Waals surface area contributed by atoms with Crippen LogP contribution in [0.3, 0.4) is 0 Å². The standard InChI is InChI=1S/C13H14N8O7/c1-20-7-6(10(26)17-13(20)28)21(2-4(23)3-22)11(14-7)19-18-5-8(24)15-12(27)16-9(5)25/h4,22-23H,2-3H2,1H3,(H,17,26,28)(H3,15,16,24,25,27)/t4-/m0/s1. The number of hydrogen-bond acceptors (Lipinski definition) is 10. The summed E-state index contributed by atoms with van der Waals surface area (Å²) in [5.74, 6) is -1.15. The number of aliphatic hydroxyl groups is 2. The Morgan fingerprint density at radius 2 is 1.82 bits per heavy atom. The van der Waals surface area contributed by atoms with Gasteiger partial charge in [0.2, 0.25) is 11.6 Å². The van der Waals surface area contributed by atoms with Crippen molar-refractivity contribution in [3.05, 3.63) is 41.7 Å². The van der Waals surface area contributed by atoms with Crippen molar-refractivity contribution in [2.45, 2.75) is 12.6 Å².